The fraction of sp³-hybridized carbons (Fsp3) is 0.833. The number of urea groups is 1. The third-order valence-electron chi connectivity index (χ3n) is 2.69. The lowest BCUT2D eigenvalue weighted by Crippen LogP contribution is -2.50. The van der Waals surface area contributed by atoms with E-state index >= 15 is 0 Å². The number of carboxylic acid groups (broad SMARTS) is 1. The lowest BCUT2D eigenvalue weighted by Gasteiger charge is -2.32. The first kappa shape index (κ1) is 17.7. The molecule has 0 heterocycles. The molecule has 0 rings (SSSR count). The van der Waals surface area contributed by atoms with Crippen molar-refractivity contribution in [3.05, 3.63) is 0 Å². The topological polar surface area (TPSA) is 79.3 Å². The van der Waals surface area contributed by atoms with Gasteiger partial charge in [0.1, 0.15) is 6.54 Å². The number of carboxylic acids is 1. The van der Waals surface area contributed by atoms with Crippen LogP contribution < -0.4 is 0 Å². The molecule has 0 saturated heterocycles. The van der Waals surface area contributed by atoms with Gasteiger partial charge in [0.2, 0.25) is 0 Å². The van der Waals surface area contributed by atoms with Gasteiger partial charge in [-0.25, -0.2) is 4.79 Å². The molecule has 0 fully saturated rings. The number of likely N-dealkylation sites (N-methyl/N-ethyl adjacent to an activating group) is 1. The molecular weight excluding hydrogens is 252 g/mol. The molecule has 0 aliphatic rings. The van der Waals surface area contributed by atoms with E-state index in [1.54, 1.807) is 12.0 Å². The molecule has 112 valence electrons. The quantitative estimate of drug-likeness (QED) is 0.663. The van der Waals surface area contributed by atoms with Crippen LogP contribution in [0.3, 0.4) is 0 Å². The molecule has 0 aromatic carbocycles. The monoisotopic (exact) mass is 276 g/mol. The second kappa shape index (κ2) is 9.57. The number of ether oxygens (including phenoxy) is 2. The van der Waals surface area contributed by atoms with Crippen LogP contribution in [0.5, 0.6) is 0 Å². The first-order chi connectivity index (χ1) is 8.97. The zero-order chi connectivity index (χ0) is 14.8. The zero-order valence-electron chi connectivity index (χ0n) is 12.1. The van der Waals surface area contributed by atoms with Crippen LogP contribution in [0.1, 0.15) is 13.8 Å². The summed E-state index contributed by atoms with van der Waals surface area (Å²) in [6.45, 7) is 4.82. The highest BCUT2D eigenvalue weighted by atomic mass is 16.5. The van der Waals surface area contributed by atoms with Gasteiger partial charge in [0, 0.05) is 27.3 Å². The van der Waals surface area contributed by atoms with E-state index in [1.165, 1.54) is 12.0 Å². The van der Waals surface area contributed by atoms with Crippen molar-refractivity contribution in [2.45, 2.75) is 19.9 Å². The number of carbonyl (C=O) groups excluding carboxylic acids is 1. The summed E-state index contributed by atoms with van der Waals surface area (Å²) in [5, 5.41) is 8.85. The van der Waals surface area contributed by atoms with Gasteiger partial charge in [-0.05, 0) is 13.8 Å². The highest BCUT2D eigenvalue weighted by Gasteiger charge is 2.25. The van der Waals surface area contributed by atoms with Crippen molar-refractivity contribution in [1.82, 2.24) is 9.80 Å². The van der Waals surface area contributed by atoms with Crippen molar-refractivity contribution in [3.8, 4) is 0 Å². The Morgan fingerprint density at radius 3 is 2.32 bits per heavy atom. The minimum atomic E-state index is -1.04. The summed E-state index contributed by atoms with van der Waals surface area (Å²) in [4.78, 5) is 26.0. The highest BCUT2D eigenvalue weighted by molar-refractivity contribution is 5.80. The SMILES string of the molecule is CCN(C(=O)N(CCOC)CC(=O)O)C(C)COC. The second-order valence-electron chi connectivity index (χ2n) is 4.18. The van der Waals surface area contributed by atoms with Gasteiger partial charge in [-0.1, -0.05) is 0 Å². The molecule has 1 atom stereocenters. The molecule has 19 heavy (non-hydrogen) atoms. The normalized spacial score (nSPS) is 12.0. The molecule has 0 aliphatic heterocycles. The van der Waals surface area contributed by atoms with Crippen LogP contribution in [0.15, 0.2) is 0 Å². The molecule has 7 heteroatoms. The highest BCUT2D eigenvalue weighted by Crippen LogP contribution is 2.05. The molecule has 1 N–H and O–H groups in total. The van der Waals surface area contributed by atoms with Gasteiger partial charge in [0.05, 0.1) is 19.3 Å². The van der Waals surface area contributed by atoms with Crippen molar-refractivity contribution in [3.63, 3.8) is 0 Å². The van der Waals surface area contributed by atoms with E-state index in [4.69, 9.17) is 14.6 Å². The maximum absolute atomic E-state index is 12.3. The Kier molecular flexibility index (Phi) is 8.90. The molecular formula is C12H24N2O5. The third-order valence-corrected chi connectivity index (χ3v) is 2.69. The van der Waals surface area contributed by atoms with Crippen molar-refractivity contribution >= 4 is 12.0 Å². The summed E-state index contributed by atoms with van der Waals surface area (Å²) in [5.74, 6) is -1.04. The van der Waals surface area contributed by atoms with Crippen LogP contribution in [-0.2, 0) is 14.3 Å². The molecule has 0 aromatic heterocycles. The number of nitrogens with zero attached hydrogens (tertiary/aromatic N) is 2. The Morgan fingerprint density at radius 1 is 1.26 bits per heavy atom. The van der Waals surface area contributed by atoms with Crippen molar-refractivity contribution < 1.29 is 24.2 Å². The van der Waals surface area contributed by atoms with E-state index in [-0.39, 0.29) is 25.2 Å². The first-order valence-electron chi connectivity index (χ1n) is 6.23. The summed E-state index contributed by atoms with van der Waals surface area (Å²) in [6.07, 6.45) is 0. The number of amides is 2. The predicted octanol–water partition coefficient (Wildman–Crippen LogP) is 0.496. The summed E-state index contributed by atoms with van der Waals surface area (Å²) in [5.41, 5.74) is 0. The lowest BCUT2D eigenvalue weighted by atomic mass is 10.3. The number of rotatable bonds is 9. The Labute approximate surface area is 114 Å². The van der Waals surface area contributed by atoms with Crippen molar-refractivity contribution in [2.24, 2.45) is 0 Å². The Bertz CT molecular complexity index is 285. The molecule has 0 aromatic rings. The lowest BCUT2D eigenvalue weighted by molar-refractivity contribution is -0.137. The average molecular weight is 276 g/mol. The number of aliphatic carboxylic acids is 1. The van der Waals surface area contributed by atoms with Gasteiger partial charge in [0.15, 0.2) is 0 Å². The molecule has 0 radical (unpaired) electrons. The van der Waals surface area contributed by atoms with Gasteiger partial charge in [-0.15, -0.1) is 0 Å². The smallest absolute Gasteiger partial charge is 0.323 e. The van der Waals surface area contributed by atoms with Gasteiger partial charge >= 0.3 is 12.0 Å². The maximum atomic E-state index is 12.3. The molecule has 0 saturated carbocycles. The first-order valence-corrected chi connectivity index (χ1v) is 6.23. The molecule has 0 bridgehead atoms. The van der Waals surface area contributed by atoms with Crippen LogP contribution in [0, 0.1) is 0 Å². The average Bonchev–Trinajstić information content (AvgIpc) is 2.35. The van der Waals surface area contributed by atoms with Crippen LogP contribution in [-0.4, -0.2) is 80.0 Å². The Morgan fingerprint density at radius 2 is 1.89 bits per heavy atom. The van der Waals surface area contributed by atoms with Crippen molar-refractivity contribution in [1.29, 1.82) is 0 Å². The fourth-order valence-electron chi connectivity index (χ4n) is 1.76. The number of hydrogen-bond acceptors (Lipinski definition) is 4. The van der Waals surface area contributed by atoms with Gasteiger partial charge < -0.3 is 24.4 Å². The van der Waals surface area contributed by atoms with Gasteiger partial charge in [0.25, 0.3) is 0 Å². The molecule has 1 unspecified atom stereocenters. The number of hydrogen-bond donors (Lipinski definition) is 1. The van der Waals surface area contributed by atoms with Crippen molar-refractivity contribution in [2.75, 3.05) is 47.1 Å². The number of carbonyl (C=O) groups is 2. The molecule has 0 aliphatic carbocycles. The standard InChI is InChI=1S/C12H24N2O5/c1-5-14(10(2)9-19-4)12(17)13(6-7-18-3)8-11(15)16/h10H,5-9H2,1-4H3,(H,15,16). The van der Waals surface area contributed by atoms with E-state index in [2.05, 4.69) is 0 Å². The fourth-order valence-corrected chi connectivity index (χ4v) is 1.76. The Hall–Kier alpha value is -1.34. The molecule has 2 amide bonds. The summed E-state index contributed by atoms with van der Waals surface area (Å²) in [7, 11) is 3.07. The van der Waals surface area contributed by atoms with E-state index in [0.29, 0.717) is 19.8 Å². The summed E-state index contributed by atoms with van der Waals surface area (Å²) >= 11 is 0. The summed E-state index contributed by atoms with van der Waals surface area (Å²) in [6, 6.07) is -0.423. The van der Waals surface area contributed by atoms with Crippen LogP contribution in [0.4, 0.5) is 4.79 Å². The minimum Gasteiger partial charge on any atom is -0.480 e. The van der Waals surface area contributed by atoms with Gasteiger partial charge in [-0.3, -0.25) is 4.79 Å². The largest absolute Gasteiger partial charge is 0.480 e. The molecule has 7 nitrogen and oxygen atoms in total. The van der Waals surface area contributed by atoms with Crippen LogP contribution in [0.25, 0.3) is 0 Å². The van der Waals surface area contributed by atoms with E-state index < -0.39 is 5.97 Å². The predicted molar refractivity (Wildman–Crippen MR) is 70.2 cm³/mol. The Balaban J connectivity index is 4.75. The minimum absolute atomic E-state index is 0.110. The second-order valence-corrected chi connectivity index (χ2v) is 4.18. The third kappa shape index (κ3) is 6.40. The number of methoxy groups -OCH3 is 2. The van der Waals surface area contributed by atoms with Gasteiger partial charge in [-0.2, -0.15) is 0 Å². The molecule has 0 spiro atoms. The zero-order valence-corrected chi connectivity index (χ0v) is 12.1. The van der Waals surface area contributed by atoms with E-state index in [0.717, 1.165) is 0 Å². The summed E-state index contributed by atoms with van der Waals surface area (Å²) < 4.78 is 9.92. The van der Waals surface area contributed by atoms with Crippen LogP contribution in [0.2, 0.25) is 0 Å². The van der Waals surface area contributed by atoms with E-state index in [1.807, 2.05) is 13.8 Å². The van der Waals surface area contributed by atoms with E-state index in [9.17, 15) is 9.59 Å². The van der Waals surface area contributed by atoms with Crippen LogP contribution >= 0.6 is 0 Å². The maximum Gasteiger partial charge on any atom is 0.323 e.